The number of anilines is 1. The van der Waals surface area contributed by atoms with Gasteiger partial charge in [-0.1, -0.05) is 0 Å². The number of aliphatic hydroxyl groups excluding tert-OH is 1. The molecular formula is C20H14F4N4O2. The second-order valence-corrected chi connectivity index (χ2v) is 6.30. The number of aromatic nitrogens is 2. The molecule has 3 rings (SSSR count). The van der Waals surface area contributed by atoms with Crippen molar-refractivity contribution in [2.75, 3.05) is 5.32 Å². The van der Waals surface area contributed by atoms with Crippen molar-refractivity contribution in [2.45, 2.75) is 18.8 Å². The highest BCUT2D eigenvalue weighted by Crippen LogP contribution is 2.33. The lowest BCUT2D eigenvalue weighted by Gasteiger charge is -2.14. The summed E-state index contributed by atoms with van der Waals surface area (Å²) >= 11 is 0. The molecule has 0 aliphatic rings. The molecule has 2 aromatic carbocycles. The molecule has 0 saturated carbocycles. The van der Waals surface area contributed by atoms with Crippen LogP contribution in [-0.4, -0.2) is 26.9 Å². The van der Waals surface area contributed by atoms with Gasteiger partial charge in [0.05, 0.1) is 29.4 Å². The van der Waals surface area contributed by atoms with Gasteiger partial charge < -0.3 is 10.4 Å². The maximum absolute atomic E-state index is 13.0. The zero-order chi connectivity index (χ0) is 21.9. The molecule has 0 bridgehead atoms. The molecule has 2 N–H and O–H groups in total. The average Bonchev–Trinajstić information content (AvgIpc) is 3.16. The zero-order valence-corrected chi connectivity index (χ0v) is 15.2. The minimum atomic E-state index is -4.77. The van der Waals surface area contributed by atoms with Crippen molar-refractivity contribution in [2.24, 2.45) is 0 Å². The van der Waals surface area contributed by atoms with Crippen molar-refractivity contribution in [3.8, 4) is 17.3 Å². The van der Waals surface area contributed by atoms with Gasteiger partial charge in [-0.25, -0.2) is 4.39 Å². The molecule has 1 amide bonds. The van der Waals surface area contributed by atoms with Gasteiger partial charge in [-0.3, -0.25) is 9.48 Å². The Morgan fingerprint density at radius 2 is 1.90 bits per heavy atom. The van der Waals surface area contributed by atoms with E-state index in [2.05, 4.69) is 10.4 Å². The molecule has 0 aliphatic heterocycles. The molecule has 0 aliphatic carbocycles. The maximum atomic E-state index is 13.0. The first kappa shape index (κ1) is 21.0. The second kappa shape index (κ2) is 8.34. The van der Waals surface area contributed by atoms with Gasteiger partial charge in [-0.15, -0.1) is 0 Å². The number of nitriles is 1. The summed E-state index contributed by atoms with van der Waals surface area (Å²) in [7, 11) is 0. The molecule has 10 heteroatoms. The van der Waals surface area contributed by atoms with E-state index in [-0.39, 0.29) is 12.2 Å². The van der Waals surface area contributed by atoms with Gasteiger partial charge in [-0.2, -0.15) is 23.5 Å². The van der Waals surface area contributed by atoms with E-state index in [1.54, 1.807) is 6.07 Å². The van der Waals surface area contributed by atoms with E-state index in [9.17, 15) is 27.5 Å². The van der Waals surface area contributed by atoms with Crippen LogP contribution < -0.4 is 5.32 Å². The second-order valence-electron chi connectivity index (χ2n) is 6.30. The highest BCUT2D eigenvalue weighted by atomic mass is 19.4. The molecule has 6 nitrogen and oxygen atoms in total. The van der Waals surface area contributed by atoms with E-state index in [1.807, 2.05) is 0 Å². The first-order valence-electron chi connectivity index (χ1n) is 8.57. The largest absolute Gasteiger partial charge is 0.417 e. The summed E-state index contributed by atoms with van der Waals surface area (Å²) in [6.45, 7) is -0.255. The fourth-order valence-electron chi connectivity index (χ4n) is 2.68. The normalized spacial score (nSPS) is 12.3. The van der Waals surface area contributed by atoms with Gasteiger partial charge in [0.2, 0.25) is 0 Å². The summed E-state index contributed by atoms with van der Waals surface area (Å²) in [5, 5.41) is 25.2. The minimum absolute atomic E-state index is 0.210. The number of nitrogens with one attached hydrogen (secondary N) is 1. The first-order chi connectivity index (χ1) is 14.2. The van der Waals surface area contributed by atoms with Gasteiger partial charge in [0.1, 0.15) is 5.82 Å². The number of halogens is 4. The molecule has 1 atom stereocenters. The summed E-state index contributed by atoms with van der Waals surface area (Å²) in [4.78, 5) is 12.2. The number of hydrogen-bond acceptors (Lipinski definition) is 4. The Balaban J connectivity index is 1.68. The van der Waals surface area contributed by atoms with Crippen molar-refractivity contribution in [1.82, 2.24) is 9.78 Å². The highest BCUT2D eigenvalue weighted by Gasteiger charge is 2.34. The predicted molar refractivity (Wildman–Crippen MR) is 98.4 cm³/mol. The lowest BCUT2D eigenvalue weighted by molar-refractivity contribution is -0.137. The van der Waals surface area contributed by atoms with E-state index in [0.717, 1.165) is 12.1 Å². The Kier molecular flexibility index (Phi) is 5.84. The van der Waals surface area contributed by atoms with Crippen molar-refractivity contribution in [3.63, 3.8) is 0 Å². The van der Waals surface area contributed by atoms with Crippen molar-refractivity contribution in [3.05, 3.63) is 71.7 Å². The molecule has 30 heavy (non-hydrogen) atoms. The van der Waals surface area contributed by atoms with Crippen LogP contribution in [0, 0.1) is 17.1 Å². The summed E-state index contributed by atoms with van der Waals surface area (Å²) in [5.74, 6) is -1.34. The molecular weight excluding hydrogens is 404 g/mol. The Hall–Kier alpha value is -3.71. The summed E-state index contributed by atoms with van der Waals surface area (Å²) in [5.41, 5.74) is -0.854. The standard InChI is InChI=1S/C20H14F4N4O2/c21-14-4-1-12(2-5-14)17-7-8-28(27-17)11-18(29)19(30)26-15-6-3-13(10-25)16(9-15)20(22,23)24/h1-9,18,29H,11H2,(H,26,30)/t18-/m0/s1. The molecule has 1 aromatic heterocycles. The van der Waals surface area contributed by atoms with Gasteiger partial charge >= 0.3 is 6.18 Å². The topological polar surface area (TPSA) is 90.9 Å². The van der Waals surface area contributed by atoms with E-state index in [4.69, 9.17) is 5.26 Å². The smallest absolute Gasteiger partial charge is 0.381 e. The Bertz CT molecular complexity index is 1100. The van der Waals surface area contributed by atoms with Gasteiger partial charge in [0, 0.05) is 17.4 Å². The zero-order valence-electron chi connectivity index (χ0n) is 15.2. The summed E-state index contributed by atoms with van der Waals surface area (Å²) < 4.78 is 53.3. The third-order valence-electron chi connectivity index (χ3n) is 4.16. The number of nitrogens with zero attached hydrogens (tertiary/aromatic N) is 3. The Morgan fingerprint density at radius 3 is 2.53 bits per heavy atom. The predicted octanol–water partition coefficient (Wildman–Crippen LogP) is 3.58. The monoisotopic (exact) mass is 418 g/mol. The maximum Gasteiger partial charge on any atom is 0.417 e. The number of amides is 1. The van der Waals surface area contributed by atoms with Crippen molar-refractivity contribution in [1.29, 1.82) is 5.26 Å². The van der Waals surface area contributed by atoms with Crippen LogP contribution in [0.15, 0.2) is 54.7 Å². The summed E-state index contributed by atoms with van der Waals surface area (Å²) in [6, 6.07) is 11.3. The SMILES string of the molecule is N#Cc1ccc(NC(=O)[C@@H](O)Cn2ccc(-c3ccc(F)cc3)n2)cc1C(F)(F)F. The van der Waals surface area contributed by atoms with Crippen molar-refractivity contribution < 1.29 is 27.5 Å². The van der Waals surface area contributed by atoms with Crippen LogP contribution in [0.1, 0.15) is 11.1 Å². The Labute approximate surface area is 168 Å². The molecule has 0 fully saturated rings. The number of benzene rings is 2. The minimum Gasteiger partial charge on any atom is -0.381 e. The van der Waals surface area contributed by atoms with Crippen LogP contribution in [0.25, 0.3) is 11.3 Å². The lowest BCUT2D eigenvalue weighted by atomic mass is 10.1. The fraction of sp³-hybridized carbons (Fsp3) is 0.150. The van der Waals surface area contributed by atoms with Crippen LogP contribution in [0.3, 0.4) is 0 Å². The number of rotatable bonds is 5. The van der Waals surface area contributed by atoms with Crippen LogP contribution in [0.5, 0.6) is 0 Å². The quantitative estimate of drug-likeness (QED) is 0.620. The average molecular weight is 418 g/mol. The van der Waals surface area contributed by atoms with Crippen LogP contribution >= 0.6 is 0 Å². The van der Waals surface area contributed by atoms with Crippen LogP contribution in [0.4, 0.5) is 23.2 Å². The van der Waals surface area contributed by atoms with E-state index in [0.29, 0.717) is 17.3 Å². The lowest BCUT2D eigenvalue weighted by Crippen LogP contribution is -2.32. The number of aliphatic hydroxyl groups is 1. The highest BCUT2D eigenvalue weighted by molar-refractivity contribution is 5.94. The first-order valence-corrected chi connectivity index (χ1v) is 8.57. The van der Waals surface area contributed by atoms with Crippen LogP contribution in [-0.2, 0) is 17.5 Å². The molecule has 0 radical (unpaired) electrons. The summed E-state index contributed by atoms with van der Waals surface area (Å²) in [6.07, 6.45) is -4.87. The van der Waals surface area contributed by atoms with E-state index >= 15 is 0 Å². The molecule has 1 heterocycles. The molecule has 154 valence electrons. The fourth-order valence-corrected chi connectivity index (χ4v) is 2.68. The number of hydrogen-bond donors (Lipinski definition) is 2. The molecule has 0 saturated heterocycles. The van der Waals surface area contributed by atoms with E-state index < -0.39 is 35.1 Å². The molecule has 3 aromatic rings. The third-order valence-corrected chi connectivity index (χ3v) is 4.16. The van der Waals surface area contributed by atoms with Crippen molar-refractivity contribution >= 4 is 11.6 Å². The molecule has 0 spiro atoms. The van der Waals surface area contributed by atoms with Crippen LogP contribution in [0.2, 0.25) is 0 Å². The van der Waals surface area contributed by atoms with Gasteiger partial charge in [0.25, 0.3) is 5.91 Å². The number of carbonyl (C=O) groups excluding carboxylic acids is 1. The van der Waals surface area contributed by atoms with Gasteiger partial charge in [0.15, 0.2) is 6.10 Å². The van der Waals surface area contributed by atoms with Gasteiger partial charge in [-0.05, 0) is 48.5 Å². The molecule has 0 unspecified atom stereocenters. The third kappa shape index (κ3) is 4.82. The van der Waals surface area contributed by atoms with E-state index in [1.165, 1.54) is 41.2 Å². The number of carbonyl (C=O) groups is 1. The Morgan fingerprint density at radius 1 is 1.20 bits per heavy atom. The number of alkyl halides is 3.